The molecule has 0 unspecified atom stereocenters. The van der Waals surface area contributed by atoms with Gasteiger partial charge in [-0.25, -0.2) is 21.1 Å². The van der Waals surface area contributed by atoms with Crippen LogP contribution < -0.4 is 5.32 Å². The summed E-state index contributed by atoms with van der Waals surface area (Å²) in [6.45, 7) is 6.11. The number of hydrogen-bond donors (Lipinski definition) is 2. The molecule has 2 N–H and O–H groups in total. The maximum atomic E-state index is 13.1. The lowest BCUT2D eigenvalue weighted by molar-refractivity contribution is -0.117. The van der Waals surface area contributed by atoms with Gasteiger partial charge in [-0.05, 0) is 26.7 Å². The zero-order chi connectivity index (χ0) is 22.3. The highest BCUT2D eigenvalue weighted by Gasteiger charge is 2.47. The van der Waals surface area contributed by atoms with E-state index in [0.717, 1.165) is 6.26 Å². The second-order valence-corrected chi connectivity index (χ2v) is 13.2. The van der Waals surface area contributed by atoms with Gasteiger partial charge in [0.15, 0.2) is 15.7 Å². The molecule has 1 amide bonds. The van der Waals surface area contributed by atoms with E-state index in [-0.39, 0.29) is 38.4 Å². The number of piperidine rings is 1. The molecule has 0 saturated carbocycles. The van der Waals surface area contributed by atoms with Gasteiger partial charge in [0.25, 0.3) is 0 Å². The Morgan fingerprint density at radius 2 is 1.79 bits per heavy atom. The van der Waals surface area contributed by atoms with E-state index in [4.69, 9.17) is 4.52 Å². The molecule has 1 aliphatic rings. The molecule has 0 spiro atoms. The number of aromatic nitrogens is 1. The van der Waals surface area contributed by atoms with Crippen molar-refractivity contribution >= 4 is 31.6 Å². The van der Waals surface area contributed by atoms with E-state index in [1.54, 1.807) is 13.8 Å². The molecule has 12 heteroatoms. The van der Waals surface area contributed by atoms with Gasteiger partial charge >= 0.3 is 0 Å². The van der Waals surface area contributed by atoms with E-state index in [0.29, 0.717) is 5.76 Å². The number of rotatable bonds is 7. The van der Waals surface area contributed by atoms with Gasteiger partial charge in [-0.15, -0.1) is 0 Å². The van der Waals surface area contributed by atoms with Gasteiger partial charge in [-0.2, -0.15) is 0 Å². The first-order valence-electron chi connectivity index (χ1n) is 9.21. The lowest BCUT2D eigenvalue weighted by Crippen LogP contribution is -2.52. The van der Waals surface area contributed by atoms with Crippen molar-refractivity contribution in [2.45, 2.75) is 55.9 Å². The van der Waals surface area contributed by atoms with Crippen LogP contribution in [0.2, 0.25) is 0 Å². The van der Waals surface area contributed by atoms with Gasteiger partial charge in [0.05, 0.1) is 18.1 Å². The van der Waals surface area contributed by atoms with Crippen LogP contribution in [0.5, 0.6) is 0 Å². The fourth-order valence-electron chi connectivity index (χ4n) is 3.02. The predicted molar refractivity (Wildman–Crippen MR) is 108 cm³/mol. The van der Waals surface area contributed by atoms with Crippen LogP contribution in [0, 0.1) is 0 Å². The molecule has 29 heavy (non-hydrogen) atoms. The van der Waals surface area contributed by atoms with Crippen molar-refractivity contribution in [1.82, 2.24) is 9.46 Å². The van der Waals surface area contributed by atoms with Crippen molar-refractivity contribution in [2.24, 2.45) is 0 Å². The minimum Gasteiger partial charge on any atom is -0.395 e. The van der Waals surface area contributed by atoms with Crippen molar-refractivity contribution in [3.63, 3.8) is 0 Å². The number of sulfone groups is 1. The van der Waals surface area contributed by atoms with E-state index in [1.165, 1.54) is 24.2 Å². The third-order valence-electron chi connectivity index (χ3n) is 5.38. The summed E-state index contributed by atoms with van der Waals surface area (Å²) < 4.78 is 54.1. The largest absolute Gasteiger partial charge is 0.395 e. The molecule has 0 atom stereocenters. The van der Waals surface area contributed by atoms with Crippen LogP contribution >= 0.6 is 0 Å². The number of amides is 1. The quantitative estimate of drug-likeness (QED) is 0.609. The molecule has 10 nitrogen and oxygen atoms in total. The summed E-state index contributed by atoms with van der Waals surface area (Å²) in [7, 11) is -7.28. The number of aliphatic hydroxyl groups is 1. The second kappa shape index (κ2) is 7.97. The summed E-state index contributed by atoms with van der Waals surface area (Å²) in [4.78, 5) is 12.7. The minimum atomic E-state index is -3.91. The molecule has 1 aromatic heterocycles. The first-order valence-corrected chi connectivity index (χ1v) is 12.6. The summed E-state index contributed by atoms with van der Waals surface area (Å²) in [6, 6.07) is 1.45. The molecule has 2 heterocycles. The molecule has 0 bridgehead atoms. The van der Waals surface area contributed by atoms with E-state index in [2.05, 4.69) is 10.5 Å². The van der Waals surface area contributed by atoms with Crippen LogP contribution in [0.15, 0.2) is 10.6 Å². The van der Waals surface area contributed by atoms with Crippen molar-refractivity contribution in [3.8, 4) is 0 Å². The molecular formula is C17H29N3O7S2. The summed E-state index contributed by atoms with van der Waals surface area (Å²) >= 11 is 0. The predicted octanol–water partition coefficient (Wildman–Crippen LogP) is 0.500. The summed E-state index contributed by atoms with van der Waals surface area (Å²) in [6.07, 6.45) is 1.35. The average Bonchev–Trinajstić information content (AvgIpc) is 3.10. The number of carbonyl (C=O) groups is 1. The highest BCUT2D eigenvalue weighted by molar-refractivity contribution is 7.94. The van der Waals surface area contributed by atoms with Crippen LogP contribution in [0.4, 0.5) is 5.82 Å². The molecule has 0 radical (unpaired) electrons. The van der Waals surface area contributed by atoms with Crippen molar-refractivity contribution in [3.05, 3.63) is 11.8 Å². The van der Waals surface area contributed by atoms with Crippen LogP contribution in [-0.4, -0.2) is 73.3 Å². The van der Waals surface area contributed by atoms with E-state index in [9.17, 15) is 26.7 Å². The second-order valence-electron chi connectivity index (χ2n) is 8.49. The number of nitrogens with zero attached hydrogens (tertiary/aromatic N) is 2. The van der Waals surface area contributed by atoms with Gasteiger partial charge in [-0.1, -0.05) is 19.0 Å². The third-order valence-corrected chi connectivity index (χ3v) is 9.64. The Labute approximate surface area is 171 Å². The van der Waals surface area contributed by atoms with Crippen molar-refractivity contribution in [2.75, 3.05) is 31.3 Å². The number of hydrogen-bond acceptors (Lipinski definition) is 8. The number of anilines is 1. The molecule has 1 aromatic rings. The first-order chi connectivity index (χ1) is 13.1. The number of sulfonamides is 1. The topological polar surface area (TPSA) is 147 Å². The summed E-state index contributed by atoms with van der Waals surface area (Å²) in [5.74, 6) is -0.351. The molecule has 2 rings (SSSR count). The Bertz CT molecular complexity index is 957. The fourth-order valence-corrected chi connectivity index (χ4v) is 5.87. The maximum absolute atomic E-state index is 13.1. The van der Waals surface area contributed by atoms with Gasteiger partial charge in [0, 0.05) is 24.6 Å². The summed E-state index contributed by atoms with van der Waals surface area (Å²) in [5.41, 5.74) is -0.703. The normalized spacial score (nSPS) is 18.0. The first kappa shape index (κ1) is 23.8. The number of carbonyl (C=O) groups excluding carboxylic acids is 1. The molecule has 0 aromatic carbocycles. The number of aliphatic hydroxyl groups excluding tert-OH is 1. The van der Waals surface area contributed by atoms with Crippen LogP contribution in [-0.2, 0) is 30.1 Å². The monoisotopic (exact) mass is 451 g/mol. The van der Waals surface area contributed by atoms with E-state index >= 15 is 0 Å². The molecule has 1 saturated heterocycles. The lowest BCUT2D eigenvalue weighted by Gasteiger charge is -2.34. The molecule has 0 aliphatic carbocycles. The zero-order valence-corrected chi connectivity index (χ0v) is 18.9. The lowest BCUT2D eigenvalue weighted by atomic mass is 9.92. The van der Waals surface area contributed by atoms with Crippen LogP contribution in [0.3, 0.4) is 0 Å². The van der Waals surface area contributed by atoms with Crippen LogP contribution in [0.1, 0.15) is 46.3 Å². The molecule has 1 fully saturated rings. The highest BCUT2D eigenvalue weighted by atomic mass is 32.2. The van der Waals surface area contributed by atoms with E-state index < -0.39 is 41.2 Å². The smallest absolute Gasteiger partial charge is 0.246 e. The minimum absolute atomic E-state index is 0.0571. The standard InChI is InChI=1S/C17H29N3O7S2/c1-16(2,11-21)13-10-14(19-27-13)18-15(22)17(3,4)29(25,26)12-6-8-20(9-7-12)28(5,23)24/h10,12,21H,6-9,11H2,1-5H3,(H,18,19,22). The Morgan fingerprint density at radius 3 is 2.28 bits per heavy atom. The van der Waals surface area contributed by atoms with E-state index in [1.807, 2.05) is 0 Å². The molecule has 1 aliphatic heterocycles. The SMILES string of the molecule is CC(C)(CO)c1cc(NC(=O)C(C)(C)S(=O)(=O)C2CCN(S(C)(=O)=O)CC2)no1. The van der Waals surface area contributed by atoms with Crippen molar-refractivity contribution in [1.29, 1.82) is 0 Å². The fraction of sp³-hybridized carbons (Fsp3) is 0.765. The van der Waals surface area contributed by atoms with Gasteiger partial charge < -0.3 is 14.9 Å². The molecular weight excluding hydrogens is 422 g/mol. The average molecular weight is 452 g/mol. The Kier molecular flexibility index (Phi) is 6.53. The Balaban J connectivity index is 2.13. The third kappa shape index (κ3) is 4.81. The van der Waals surface area contributed by atoms with Gasteiger partial charge in [0.1, 0.15) is 10.5 Å². The molecule has 166 valence electrons. The van der Waals surface area contributed by atoms with Crippen LogP contribution in [0.25, 0.3) is 0 Å². The number of nitrogens with one attached hydrogen (secondary N) is 1. The zero-order valence-electron chi connectivity index (χ0n) is 17.3. The van der Waals surface area contributed by atoms with Crippen molar-refractivity contribution < 1.29 is 31.3 Å². The Morgan fingerprint density at radius 1 is 1.24 bits per heavy atom. The maximum Gasteiger partial charge on any atom is 0.246 e. The Hall–Kier alpha value is -1.50. The van der Waals surface area contributed by atoms with Gasteiger partial charge in [0.2, 0.25) is 15.9 Å². The van der Waals surface area contributed by atoms with Gasteiger partial charge in [-0.3, -0.25) is 4.79 Å². The summed E-state index contributed by atoms with van der Waals surface area (Å²) in [5, 5.41) is 14.8. The highest BCUT2D eigenvalue weighted by Crippen LogP contribution is 2.31.